The summed E-state index contributed by atoms with van der Waals surface area (Å²) in [6, 6.07) is 21.7. The van der Waals surface area contributed by atoms with E-state index in [1.807, 2.05) is 68.4 Å². The lowest BCUT2D eigenvalue weighted by Gasteiger charge is -2.17. The van der Waals surface area contributed by atoms with Crippen molar-refractivity contribution in [2.45, 2.75) is 33.4 Å². The minimum Gasteiger partial charge on any atom is -0.490 e. The molecule has 0 aliphatic heterocycles. The highest BCUT2D eigenvalue weighted by Gasteiger charge is 2.15. The number of ether oxygens (including phenoxy) is 2. The van der Waals surface area contributed by atoms with Crippen LogP contribution in [0.2, 0.25) is 5.02 Å². The summed E-state index contributed by atoms with van der Waals surface area (Å²) in [6.45, 7) is 6.90. The molecule has 3 rings (SSSR count). The highest BCUT2D eigenvalue weighted by Crippen LogP contribution is 2.37. The first kappa shape index (κ1) is 23.6. The van der Waals surface area contributed by atoms with Gasteiger partial charge in [-0.2, -0.15) is 0 Å². The van der Waals surface area contributed by atoms with E-state index in [0.717, 1.165) is 11.1 Å². The Labute approximate surface area is 194 Å². The average Bonchev–Trinajstić information content (AvgIpc) is 2.79. The third-order valence-corrected chi connectivity index (χ3v) is 5.24. The summed E-state index contributed by atoms with van der Waals surface area (Å²) in [7, 11) is 0. The molecule has 1 amide bonds. The van der Waals surface area contributed by atoms with Gasteiger partial charge in [-0.15, -0.1) is 0 Å². The zero-order chi connectivity index (χ0) is 22.9. The Morgan fingerprint density at radius 1 is 1.03 bits per heavy atom. The maximum absolute atomic E-state index is 12.3. The third kappa shape index (κ3) is 6.74. The number of rotatable bonds is 10. The molecular formula is C26H29ClN2O3. The smallest absolute Gasteiger partial charge is 0.262 e. The first-order valence-corrected chi connectivity index (χ1v) is 11.1. The lowest BCUT2D eigenvalue weighted by Crippen LogP contribution is -2.21. The molecule has 0 aliphatic carbocycles. The van der Waals surface area contributed by atoms with Crippen LogP contribution in [0.25, 0.3) is 0 Å². The fourth-order valence-electron chi connectivity index (χ4n) is 3.23. The number of carbonyl (C=O) groups excluding carboxylic acids is 1. The van der Waals surface area contributed by atoms with Crippen molar-refractivity contribution >= 4 is 23.2 Å². The van der Waals surface area contributed by atoms with Gasteiger partial charge in [0.1, 0.15) is 0 Å². The van der Waals surface area contributed by atoms with Crippen molar-refractivity contribution < 1.29 is 14.3 Å². The van der Waals surface area contributed by atoms with Crippen LogP contribution in [-0.4, -0.2) is 19.1 Å². The van der Waals surface area contributed by atoms with Crippen molar-refractivity contribution in [2.24, 2.45) is 0 Å². The average molecular weight is 453 g/mol. The van der Waals surface area contributed by atoms with Gasteiger partial charge in [0.05, 0.1) is 11.6 Å². The van der Waals surface area contributed by atoms with Gasteiger partial charge in [0.2, 0.25) is 0 Å². The van der Waals surface area contributed by atoms with Gasteiger partial charge in [-0.25, -0.2) is 0 Å². The quantitative estimate of drug-likeness (QED) is 0.401. The molecule has 0 heterocycles. The Balaban J connectivity index is 1.64. The van der Waals surface area contributed by atoms with Crippen LogP contribution in [0.4, 0.5) is 5.69 Å². The fraction of sp³-hybridized carbons (Fsp3) is 0.269. The van der Waals surface area contributed by atoms with Gasteiger partial charge in [-0.05, 0) is 56.2 Å². The predicted octanol–water partition coefficient (Wildman–Crippen LogP) is 5.92. The number of carbonyl (C=O) groups is 1. The molecule has 6 heteroatoms. The third-order valence-electron chi connectivity index (χ3n) is 4.96. The van der Waals surface area contributed by atoms with Crippen molar-refractivity contribution in [3.8, 4) is 11.5 Å². The van der Waals surface area contributed by atoms with Gasteiger partial charge < -0.3 is 20.1 Å². The molecule has 0 fully saturated rings. The second-order valence-corrected chi connectivity index (χ2v) is 7.96. The van der Waals surface area contributed by atoms with Gasteiger partial charge in [-0.3, -0.25) is 4.79 Å². The molecule has 168 valence electrons. The molecule has 0 aliphatic rings. The number of hydrogen-bond donors (Lipinski definition) is 2. The van der Waals surface area contributed by atoms with E-state index in [1.165, 1.54) is 5.56 Å². The molecule has 3 aromatic rings. The molecule has 0 unspecified atom stereocenters. The Bertz CT molecular complexity index is 1020. The predicted molar refractivity (Wildman–Crippen MR) is 130 cm³/mol. The molecule has 32 heavy (non-hydrogen) atoms. The lowest BCUT2D eigenvalue weighted by atomic mass is 10.1. The summed E-state index contributed by atoms with van der Waals surface area (Å²) in [4.78, 5) is 12.3. The minimum absolute atomic E-state index is 0.170. The van der Waals surface area contributed by atoms with Gasteiger partial charge >= 0.3 is 0 Å². The number of anilines is 1. The number of halogens is 1. The number of nitrogens with one attached hydrogen (secondary N) is 2. The van der Waals surface area contributed by atoms with Gasteiger partial charge in [0.25, 0.3) is 5.91 Å². The van der Waals surface area contributed by atoms with E-state index in [1.54, 1.807) is 0 Å². The standard InChI is InChI=1S/C26H29ClN2O3/c1-4-31-24-15-20(16-28-19(3)21-8-6-5-7-9-21)14-23(27)26(24)32-17-25(30)29-22-12-10-18(2)11-13-22/h5-15,19,28H,4,16-17H2,1-3H3,(H,29,30)/t19-/m0/s1. The highest BCUT2D eigenvalue weighted by molar-refractivity contribution is 6.32. The first-order valence-electron chi connectivity index (χ1n) is 10.7. The summed E-state index contributed by atoms with van der Waals surface area (Å²) < 4.78 is 11.5. The van der Waals surface area contributed by atoms with Crippen LogP contribution in [0.1, 0.15) is 36.6 Å². The Morgan fingerprint density at radius 3 is 2.44 bits per heavy atom. The zero-order valence-corrected chi connectivity index (χ0v) is 19.4. The van der Waals surface area contributed by atoms with Gasteiger partial charge in [-0.1, -0.05) is 59.6 Å². The van der Waals surface area contributed by atoms with Gasteiger partial charge in [0, 0.05) is 18.3 Å². The van der Waals surface area contributed by atoms with Crippen LogP contribution >= 0.6 is 11.6 Å². The summed E-state index contributed by atoms with van der Waals surface area (Å²) in [5, 5.41) is 6.71. The largest absolute Gasteiger partial charge is 0.490 e. The SMILES string of the molecule is CCOc1cc(CN[C@@H](C)c2ccccc2)cc(Cl)c1OCC(=O)Nc1ccc(C)cc1. The van der Waals surface area contributed by atoms with Crippen molar-refractivity contribution in [3.63, 3.8) is 0 Å². The Morgan fingerprint density at radius 2 is 1.75 bits per heavy atom. The van der Waals surface area contributed by atoms with Crippen LogP contribution in [0.3, 0.4) is 0 Å². The van der Waals surface area contributed by atoms with E-state index >= 15 is 0 Å². The molecule has 0 saturated carbocycles. The van der Waals surface area contributed by atoms with E-state index in [0.29, 0.717) is 35.4 Å². The molecule has 5 nitrogen and oxygen atoms in total. The summed E-state index contributed by atoms with van der Waals surface area (Å²) in [5.41, 5.74) is 4.02. The van der Waals surface area contributed by atoms with Crippen molar-refractivity contribution in [1.29, 1.82) is 0 Å². The topological polar surface area (TPSA) is 59.6 Å². The Kier molecular flexibility index (Phi) is 8.54. The summed E-state index contributed by atoms with van der Waals surface area (Å²) >= 11 is 6.50. The molecule has 0 radical (unpaired) electrons. The molecule has 1 atom stereocenters. The minimum atomic E-state index is -0.269. The molecular weight excluding hydrogens is 424 g/mol. The zero-order valence-electron chi connectivity index (χ0n) is 18.7. The molecule has 2 N–H and O–H groups in total. The molecule has 0 saturated heterocycles. The second kappa shape index (κ2) is 11.6. The van der Waals surface area contributed by atoms with Crippen molar-refractivity contribution in [1.82, 2.24) is 5.32 Å². The van der Waals surface area contributed by atoms with E-state index in [9.17, 15) is 4.79 Å². The normalized spacial score (nSPS) is 11.6. The highest BCUT2D eigenvalue weighted by atomic mass is 35.5. The summed E-state index contributed by atoms with van der Waals surface area (Å²) in [6.07, 6.45) is 0. The fourth-order valence-corrected chi connectivity index (χ4v) is 3.52. The van der Waals surface area contributed by atoms with Crippen molar-refractivity contribution in [3.05, 3.63) is 88.4 Å². The summed E-state index contributed by atoms with van der Waals surface area (Å²) in [5.74, 6) is 0.620. The molecule has 0 spiro atoms. The second-order valence-electron chi connectivity index (χ2n) is 7.55. The van der Waals surface area contributed by atoms with Gasteiger partial charge in [0.15, 0.2) is 18.1 Å². The number of amides is 1. The van der Waals surface area contributed by atoms with Crippen LogP contribution in [-0.2, 0) is 11.3 Å². The van der Waals surface area contributed by atoms with Crippen LogP contribution in [0.5, 0.6) is 11.5 Å². The van der Waals surface area contributed by atoms with Crippen LogP contribution in [0, 0.1) is 6.92 Å². The van der Waals surface area contributed by atoms with E-state index in [2.05, 4.69) is 29.7 Å². The monoisotopic (exact) mass is 452 g/mol. The van der Waals surface area contributed by atoms with Crippen LogP contribution in [0.15, 0.2) is 66.7 Å². The maximum atomic E-state index is 12.3. The number of aryl methyl sites for hydroxylation is 1. The Hall–Kier alpha value is -3.02. The van der Waals surface area contributed by atoms with Crippen molar-refractivity contribution in [2.75, 3.05) is 18.5 Å². The maximum Gasteiger partial charge on any atom is 0.262 e. The van der Waals surface area contributed by atoms with Crippen LogP contribution < -0.4 is 20.1 Å². The lowest BCUT2D eigenvalue weighted by molar-refractivity contribution is -0.118. The molecule has 0 aromatic heterocycles. The number of hydrogen-bond acceptors (Lipinski definition) is 4. The van der Waals surface area contributed by atoms with E-state index in [-0.39, 0.29) is 18.6 Å². The molecule has 0 bridgehead atoms. The van der Waals surface area contributed by atoms with E-state index in [4.69, 9.17) is 21.1 Å². The molecule has 3 aromatic carbocycles. The first-order chi connectivity index (χ1) is 15.5. The van der Waals surface area contributed by atoms with E-state index < -0.39 is 0 Å². The number of benzene rings is 3.